The number of allylic oxidation sites excluding steroid dienone is 7. The molecule has 0 saturated carbocycles. The number of unbranched alkanes of at least 4 members (excludes halogenated alkanes) is 24. The molecule has 0 spiro atoms. The van der Waals surface area contributed by atoms with E-state index in [-0.39, 0.29) is 52.9 Å². The van der Waals surface area contributed by atoms with Gasteiger partial charge in [0.2, 0.25) is 16.6 Å². The van der Waals surface area contributed by atoms with Crippen LogP contribution < -0.4 is 4.90 Å². The highest BCUT2D eigenvalue weighted by Gasteiger charge is 2.42. The molecule has 78 heavy (non-hydrogen) atoms. The normalized spacial score (nSPS) is 18.0. The minimum Gasteiger partial charge on any atom is -0.506 e. The molecule has 11 heteroatoms. The maximum absolute atomic E-state index is 13.7. The van der Waals surface area contributed by atoms with Crippen LogP contribution in [0.1, 0.15) is 236 Å². The Morgan fingerprint density at radius 3 is 1.36 bits per heavy atom. The van der Waals surface area contributed by atoms with E-state index in [4.69, 9.17) is 9.47 Å². The number of hydrogen-bond acceptors (Lipinski definition) is 10. The first-order chi connectivity index (χ1) is 38.2. The molecule has 0 bridgehead atoms. The lowest BCUT2D eigenvalue weighted by molar-refractivity contribution is -0.536. The van der Waals surface area contributed by atoms with Crippen molar-refractivity contribution in [2.24, 2.45) is 11.8 Å². The van der Waals surface area contributed by atoms with Crippen LogP contribution in [-0.2, 0) is 28.7 Å². The van der Waals surface area contributed by atoms with Crippen molar-refractivity contribution in [2.75, 3.05) is 31.1 Å². The second kappa shape index (κ2) is 38.4. The number of Topliss-reactive ketones (excluding diaryl/α,β-unsaturated/α-hetero) is 2. The first-order valence-electron chi connectivity index (χ1n) is 31.1. The van der Waals surface area contributed by atoms with Gasteiger partial charge in [-0.25, -0.2) is 4.58 Å². The van der Waals surface area contributed by atoms with Crippen LogP contribution in [0.4, 0.5) is 5.00 Å². The number of anilines is 1. The molecule has 4 heterocycles. The monoisotopic (exact) mass is 1110 g/mol. The summed E-state index contributed by atoms with van der Waals surface area (Å²) in [7, 11) is 0. The lowest BCUT2D eigenvalue weighted by atomic mass is 9.96. The van der Waals surface area contributed by atoms with Crippen LogP contribution >= 0.6 is 23.1 Å². The highest BCUT2D eigenvalue weighted by atomic mass is 32.2. The van der Waals surface area contributed by atoms with Crippen molar-refractivity contribution in [1.29, 1.82) is 0 Å². The highest BCUT2D eigenvalue weighted by molar-refractivity contribution is 8.18. The van der Waals surface area contributed by atoms with Gasteiger partial charge in [-0.1, -0.05) is 127 Å². The number of aliphatic hydroxyl groups excluding tert-OH is 1. The Morgan fingerprint density at radius 1 is 0.551 bits per heavy atom. The minimum absolute atomic E-state index is 0.0275. The number of rotatable bonds is 42. The topological polar surface area (TPSA) is 113 Å². The first-order valence-corrected chi connectivity index (χ1v) is 32.8. The molecule has 432 valence electrons. The molecule has 1 aromatic heterocycles. The Labute approximate surface area is 480 Å². The van der Waals surface area contributed by atoms with E-state index in [1.54, 1.807) is 0 Å². The van der Waals surface area contributed by atoms with Crippen molar-refractivity contribution in [3.8, 4) is 0 Å². The number of thiophene rings is 1. The standard InChI is InChI=1S/C67H100N2O7S2/c1-5-9-13-17-21-25-29-33-37-55(38-34-30-26-22-18-14-10-6-2)75-66(73)53-45-49-68(50-46-53)59-43-41-57(77-59)61-63(70)62(65(72)64(61)71)58-42-44-60(78-58)69-51-47-54(48-52-69)67(74)76-56(39-35-31-27-23-19-15-11-7-3)40-36-32-28-24-20-16-12-8-4/h5-8,41-44,53-56H,1-4,9-40,45-52H2/p+1. The minimum atomic E-state index is -0.690. The predicted molar refractivity (Wildman–Crippen MR) is 329 cm³/mol. The Bertz CT molecular complexity index is 2120. The average Bonchev–Trinajstić information content (AvgIpc) is 4.20. The van der Waals surface area contributed by atoms with Gasteiger partial charge in [-0.3, -0.25) is 19.2 Å². The second-order valence-electron chi connectivity index (χ2n) is 22.6. The lowest BCUT2D eigenvalue weighted by Gasteiger charge is -2.32. The lowest BCUT2D eigenvalue weighted by Crippen LogP contribution is -2.37. The van der Waals surface area contributed by atoms with Gasteiger partial charge in [0.05, 0.1) is 28.0 Å². The molecule has 3 aliphatic heterocycles. The SMILES string of the molecule is C=CCCCCCCCCC(CCCCCCCCC=C)OC(=O)C1CCN(c2ccc(C3=C(O)/C(=C4/C=CC(=[N+]5CCC(C(=O)OC(CCCCCCCCC=C)CCCCCCCCC=C)CC5)S4)C(=O)C3=O)s2)CC1. The third-order valence-corrected chi connectivity index (χ3v) is 18.7. The number of esters is 2. The average molecular weight is 1110 g/mol. The summed E-state index contributed by atoms with van der Waals surface area (Å²) < 4.78 is 14.8. The molecule has 0 unspecified atom stereocenters. The number of aliphatic hydroxyl groups is 1. The van der Waals surface area contributed by atoms with E-state index in [1.165, 1.54) is 152 Å². The van der Waals surface area contributed by atoms with Crippen LogP contribution in [0.15, 0.2) is 91.1 Å². The summed E-state index contributed by atoms with van der Waals surface area (Å²) in [6, 6.07) is 3.78. The zero-order valence-electron chi connectivity index (χ0n) is 48.1. The van der Waals surface area contributed by atoms with Gasteiger partial charge >= 0.3 is 11.9 Å². The molecule has 0 radical (unpaired) electrons. The molecule has 9 nitrogen and oxygen atoms in total. The van der Waals surface area contributed by atoms with E-state index in [2.05, 4.69) is 35.8 Å². The summed E-state index contributed by atoms with van der Waals surface area (Å²) >= 11 is 2.80. The molecule has 0 aromatic carbocycles. The maximum atomic E-state index is 13.7. The molecular formula is C67H101N2O7S2+. The quantitative estimate of drug-likeness (QED) is 0.0171. The van der Waals surface area contributed by atoms with Crippen molar-refractivity contribution in [3.63, 3.8) is 0 Å². The molecule has 1 aromatic rings. The highest BCUT2D eigenvalue weighted by Crippen LogP contribution is 2.43. The number of carbonyl (C=O) groups excluding carboxylic acids is 4. The van der Waals surface area contributed by atoms with Crippen LogP contribution in [0.2, 0.25) is 0 Å². The van der Waals surface area contributed by atoms with E-state index < -0.39 is 11.6 Å². The molecule has 0 amide bonds. The van der Waals surface area contributed by atoms with Crippen LogP contribution in [0, 0.1) is 11.8 Å². The van der Waals surface area contributed by atoms with Crippen LogP contribution in [0.5, 0.6) is 0 Å². The molecule has 4 aliphatic rings. The number of ether oxygens (including phenoxy) is 2. The van der Waals surface area contributed by atoms with Crippen LogP contribution in [0.25, 0.3) is 5.57 Å². The fraction of sp³-hybridized carbons (Fsp3) is 0.657. The molecule has 2 saturated heterocycles. The van der Waals surface area contributed by atoms with Crippen molar-refractivity contribution < 1.29 is 38.3 Å². The molecule has 1 aliphatic carbocycles. The summed E-state index contributed by atoms with van der Waals surface area (Å²) in [5, 5.41) is 13.5. The fourth-order valence-corrected chi connectivity index (χ4v) is 13.7. The third-order valence-electron chi connectivity index (χ3n) is 16.4. The van der Waals surface area contributed by atoms with Gasteiger partial charge in [0.1, 0.15) is 31.1 Å². The van der Waals surface area contributed by atoms with Gasteiger partial charge in [0.25, 0.3) is 0 Å². The Hall–Kier alpha value is -4.22. The summed E-state index contributed by atoms with van der Waals surface area (Å²) in [5.74, 6) is -2.07. The van der Waals surface area contributed by atoms with E-state index in [1.807, 2.05) is 48.6 Å². The summed E-state index contributed by atoms with van der Waals surface area (Å²) in [6.45, 7) is 18.1. The molecule has 1 N–H and O–H groups in total. The summed E-state index contributed by atoms with van der Waals surface area (Å²) in [6.07, 6.45) is 51.3. The molecule has 2 fully saturated rings. The molecular weight excluding hydrogens is 1010 g/mol. The van der Waals surface area contributed by atoms with Gasteiger partial charge in [-0.05, 0) is 146 Å². The zero-order chi connectivity index (χ0) is 55.6. The number of ketones is 2. The molecule has 5 rings (SSSR count). The summed E-state index contributed by atoms with van der Waals surface area (Å²) in [5.41, 5.74) is 0.115. The largest absolute Gasteiger partial charge is 0.506 e. The van der Waals surface area contributed by atoms with Gasteiger partial charge < -0.3 is 19.5 Å². The van der Waals surface area contributed by atoms with E-state index in [0.717, 1.165) is 87.1 Å². The number of hydrogen-bond donors (Lipinski definition) is 1. The third kappa shape index (κ3) is 22.7. The van der Waals surface area contributed by atoms with Gasteiger partial charge in [0.15, 0.2) is 0 Å². The van der Waals surface area contributed by atoms with Crippen molar-refractivity contribution in [1.82, 2.24) is 0 Å². The van der Waals surface area contributed by atoms with Gasteiger partial charge in [-0.2, -0.15) is 0 Å². The van der Waals surface area contributed by atoms with Gasteiger partial charge in [-0.15, -0.1) is 37.7 Å². The predicted octanol–water partition coefficient (Wildman–Crippen LogP) is 17.8. The van der Waals surface area contributed by atoms with Crippen molar-refractivity contribution >= 4 is 62.2 Å². The Morgan fingerprint density at radius 2 is 0.936 bits per heavy atom. The van der Waals surface area contributed by atoms with E-state index in [0.29, 0.717) is 61.6 Å². The van der Waals surface area contributed by atoms with Crippen molar-refractivity contribution in [2.45, 2.75) is 243 Å². The van der Waals surface area contributed by atoms with Crippen LogP contribution in [-0.4, -0.2) is 76.6 Å². The maximum Gasteiger partial charge on any atom is 0.309 e. The number of carbonyl (C=O) groups is 4. The second-order valence-corrected chi connectivity index (χ2v) is 24.7. The number of piperidine rings is 2. The zero-order valence-corrected chi connectivity index (χ0v) is 49.8. The first kappa shape index (κ1) is 64.6. The van der Waals surface area contributed by atoms with Gasteiger partial charge in [0, 0.05) is 41.8 Å². The Balaban J connectivity index is 1.10. The number of nitrogens with zero attached hydrogens (tertiary/aromatic N) is 2. The molecule has 0 atom stereocenters. The Kier molecular flexibility index (Phi) is 31.8. The number of thioether (sulfide) groups is 1. The van der Waals surface area contributed by atoms with E-state index in [9.17, 15) is 24.3 Å². The smallest absolute Gasteiger partial charge is 0.309 e. The van der Waals surface area contributed by atoms with Crippen molar-refractivity contribution in [3.05, 3.63) is 96.0 Å². The summed E-state index contributed by atoms with van der Waals surface area (Å²) in [4.78, 5) is 57.9. The fourth-order valence-electron chi connectivity index (χ4n) is 11.5. The van der Waals surface area contributed by atoms with Crippen LogP contribution in [0.3, 0.4) is 0 Å². The van der Waals surface area contributed by atoms with E-state index >= 15 is 0 Å².